The smallest absolute Gasteiger partial charge is 0.273 e. The first-order valence-electron chi connectivity index (χ1n) is 10.8. The number of carbonyl (C=O) groups excluding carboxylic acids is 3. The number of halogens is 3. The average molecular weight is 505 g/mol. The molecule has 0 bridgehead atoms. The first-order valence-corrected chi connectivity index (χ1v) is 11.2. The molecule has 0 radical (unpaired) electrons. The van der Waals surface area contributed by atoms with Crippen LogP contribution in [0.15, 0.2) is 48.7 Å². The Morgan fingerprint density at radius 1 is 1.23 bits per heavy atom. The van der Waals surface area contributed by atoms with Crippen LogP contribution in [0.5, 0.6) is 5.75 Å². The molecule has 1 saturated heterocycles. The molecule has 0 saturated carbocycles. The molecule has 2 aromatic carbocycles. The molecular weight excluding hydrogens is 482 g/mol. The van der Waals surface area contributed by atoms with Crippen LogP contribution in [-0.2, 0) is 22.7 Å². The highest BCUT2D eigenvalue weighted by atomic mass is 35.5. The van der Waals surface area contributed by atoms with E-state index in [9.17, 15) is 23.3 Å². The van der Waals surface area contributed by atoms with Gasteiger partial charge in [0.1, 0.15) is 24.5 Å². The van der Waals surface area contributed by atoms with Crippen LogP contribution >= 0.6 is 11.6 Å². The number of ether oxygens (including phenoxy) is 1. The van der Waals surface area contributed by atoms with Gasteiger partial charge in [0.15, 0.2) is 0 Å². The molecule has 3 amide bonds. The fraction of sp³-hybridized carbons (Fsp3) is 0.292. The summed E-state index contributed by atoms with van der Waals surface area (Å²) in [6.07, 6.45) is -0.388. The summed E-state index contributed by atoms with van der Waals surface area (Å²) >= 11 is 5.91. The molecule has 0 unspecified atom stereocenters. The van der Waals surface area contributed by atoms with E-state index in [0.29, 0.717) is 27.2 Å². The highest BCUT2D eigenvalue weighted by Crippen LogP contribution is 2.31. The maximum atomic E-state index is 14.8. The predicted octanol–water partition coefficient (Wildman–Crippen LogP) is 3.25. The lowest BCUT2D eigenvalue weighted by Crippen LogP contribution is -2.46. The van der Waals surface area contributed by atoms with Crippen molar-refractivity contribution in [3.8, 4) is 5.75 Å². The Kier molecular flexibility index (Phi) is 6.93. The third-order valence-electron chi connectivity index (χ3n) is 5.96. The summed E-state index contributed by atoms with van der Waals surface area (Å²) in [7, 11) is 1.44. The number of aromatic nitrogens is 1. The van der Waals surface area contributed by atoms with Gasteiger partial charge in [-0.15, -0.1) is 0 Å². The van der Waals surface area contributed by atoms with E-state index in [2.05, 4.69) is 0 Å². The Morgan fingerprint density at radius 3 is 2.66 bits per heavy atom. The van der Waals surface area contributed by atoms with Crippen LogP contribution in [0.4, 0.5) is 8.87 Å². The van der Waals surface area contributed by atoms with Gasteiger partial charge >= 0.3 is 0 Å². The second-order valence-corrected chi connectivity index (χ2v) is 8.71. The molecule has 0 aliphatic carbocycles. The van der Waals surface area contributed by atoms with Gasteiger partial charge in [-0.25, -0.2) is 4.39 Å². The van der Waals surface area contributed by atoms with Gasteiger partial charge < -0.3 is 19.9 Å². The first-order chi connectivity index (χ1) is 16.7. The number of alkyl halides is 1. The van der Waals surface area contributed by atoms with Crippen LogP contribution in [0, 0.1) is 0 Å². The summed E-state index contributed by atoms with van der Waals surface area (Å²) in [5.74, 6) is -1.93. The lowest BCUT2D eigenvalue weighted by molar-refractivity contribution is -0.156. The molecule has 1 aliphatic heterocycles. The highest BCUT2D eigenvalue weighted by molar-refractivity contribution is 6.30. The van der Waals surface area contributed by atoms with Gasteiger partial charge in [-0.2, -0.15) is 5.12 Å². The van der Waals surface area contributed by atoms with Crippen molar-refractivity contribution in [2.24, 2.45) is 5.73 Å². The minimum atomic E-state index is -1.48. The Bertz CT molecular complexity index is 1300. The quantitative estimate of drug-likeness (QED) is 0.499. The molecule has 11 heteroatoms. The Labute approximate surface area is 204 Å². The number of hydrogen-bond donors (Lipinski definition) is 1. The second-order valence-electron chi connectivity index (χ2n) is 8.27. The molecule has 8 nitrogen and oxygen atoms in total. The molecule has 35 heavy (non-hydrogen) atoms. The minimum absolute atomic E-state index is 0.0338. The molecule has 1 fully saturated rings. The number of likely N-dealkylation sites (tertiary alicyclic amines) is 1. The number of nitrogens with zero attached hydrogens (tertiary/aromatic N) is 3. The number of fused-ring (bicyclic) bond motifs is 1. The monoisotopic (exact) mass is 504 g/mol. The van der Waals surface area contributed by atoms with E-state index < -0.39 is 36.5 Å². The van der Waals surface area contributed by atoms with Crippen molar-refractivity contribution in [2.45, 2.75) is 31.7 Å². The fourth-order valence-electron chi connectivity index (χ4n) is 4.38. The SMILES string of the molecule is COc1cccc2c(C(N)=O)cn(CC(=O)N3C[C@H](F)C[C@H]3C(=O)N(F)Cc3cccc(Cl)c3)c12. The van der Waals surface area contributed by atoms with Gasteiger partial charge in [0.25, 0.3) is 11.8 Å². The van der Waals surface area contributed by atoms with Gasteiger partial charge in [0.05, 0.1) is 31.3 Å². The third kappa shape index (κ3) is 4.93. The van der Waals surface area contributed by atoms with Crippen molar-refractivity contribution < 1.29 is 28.0 Å². The number of para-hydroxylation sites is 1. The van der Waals surface area contributed by atoms with Gasteiger partial charge in [0, 0.05) is 23.0 Å². The van der Waals surface area contributed by atoms with Crippen LogP contribution in [0.1, 0.15) is 22.3 Å². The summed E-state index contributed by atoms with van der Waals surface area (Å²) in [6, 6.07) is 10.0. The summed E-state index contributed by atoms with van der Waals surface area (Å²) < 4.78 is 35.9. The lowest BCUT2D eigenvalue weighted by Gasteiger charge is -2.26. The lowest BCUT2D eigenvalue weighted by atomic mass is 10.1. The van der Waals surface area contributed by atoms with E-state index in [1.807, 2.05) is 0 Å². The average Bonchev–Trinajstić information content (AvgIpc) is 3.39. The number of carbonyl (C=O) groups is 3. The maximum absolute atomic E-state index is 14.8. The van der Waals surface area contributed by atoms with E-state index in [0.717, 1.165) is 4.90 Å². The van der Waals surface area contributed by atoms with Crippen LogP contribution in [0.2, 0.25) is 5.02 Å². The zero-order valence-corrected chi connectivity index (χ0v) is 19.5. The van der Waals surface area contributed by atoms with E-state index in [-0.39, 0.29) is 30.2 Å². The number of hydrogen-bond acceptors (Lipinski definition) is 4. The number of amides is 3. The van der Waals surface area contributed by atoms with Crippen molar-refractivity contribution in [1.29, 1.82) is 0 Å². The van der Waals surface area contributed by atoms with Crippen molar-refractivity contribution >= 4 is 40.2 Å². The van der Waals surface area contributed by atoms with E-state index in [1.165, 1.54) is 23.9 Å². The van der Waals surface area contributed by atoms with Crippen molar-refractivity contribution in [3.05, 3.63) is 64.8 Å². The molecule has 2 atom stereocenters. The van der Waals surface area contributed by atoms with Crippen molar-refractivity contribution in [2.75, 3.05) is 13.7 Å². The number of methoxy groups -OCH3 is 1. The van der Waals surface area contributed by atoms with E-state index in [4.69, 9.17) is 22.1 Å². The number of nitrogens with two attached hydrogens (primary N) is 1. The van der Waals surface area contributed by atoms with Gasteiger partial charge in [0.2, 0.25) is 5.91 Å². The Balaban J connectivity index is 1.57. The molecular formula is C24H23ClF2N4O4. The van der Waals surface area contributed by atoms with Crippen molar-refractivity contribution in [1.82, 2.24) is 14.6 Å². The summed E-state index contributed by atoms with van der Waals surface area (Å²) in [5, 5.41) is 0.835. The van der Waals surface area contributed by atoms with Crippen LogP contribution in [0.25, 0.3) is 10.9 Å². The molecule has 2 heterocycles. The van der Waals surface area contributed by atoms with Crippen LogP contribution in [0.3, 0.4) is 0 Å². The summed E-state index contributed by atoms with van der Waals surface area (Å²) in [5.41, 5.74) is 6.56. The number of rotatable bonds is 7. The second kappa shape index (κ2) is 9.91. The number of benzene rings is 2. The zero-order valence-electron chi connectivity index (χ0n) is 18.8. The van der Waals surface area contributed by atoms with Crippen LogP contribution < -0.4 is 10.5 Å². The Hall–Kier alpha value is -3.66. The molecule has 184 valence electrons. The Morgan fingerprint density at radius 2 is 1.97 bits per heavy atom. The minimum Gasteiger partial charge on any atom is -0.495 e. The highest BCUT2D eigenvalue weighted by Gasteiger charge is 2.42. The van der Waals surface area contributed by atoms with Gasteiger partial charge in [-0.3, -0.25) is 14.4 Å². The van der Waals surface area contributed by atoms with E-state index >= 15 is 0 Å². The fourth-order valence-corrected chi connectivity index (χ4v) is 4.59. The standard InChI is InChI=1S/C24H23ClF2N4O4/c1-35-20-7-3-6-17-18(23(28)33)12-29(22(17)20)13-21(32)30-11-16(26)9-19(30)24(34)31(27)10-14-4-2-5-15(25)8-14/h2-8,12,16,19H,9-11,13H2,1H3,(H2,28,33)/t16-,19+/m1/s1. The molecule has 1 aromatic heterocycles. The molecule has 2 N–H and O–H groups in total. The first kappa shape index (κ1) is 24.5. The molecule has 1 aliphatic rings. The number of primary amides is 1. The van der Waals surface area contributed by atoms with Crippen LogP contribution in [-0.4, -0.2) is 58.2 Å². The summed E-state index contributed by atoms with van der Waals surface area (Å²) in [4.78, 5) is 39.0. The van der Waals surface area contributed by atoms with Gasteiger partial charge in [-0.1, -0.05) is 40.3 Å². The topological polar surface area (TPSA) is 97.9 Å². The summed E-state index contributed by atoms with van der Waals surface area (Å²) in [6.45, 7) is -1.07. The largest absolute Gasteiger partial charge is 0.495 e. The maximum Gasteiger partial charge on any atom is 0.273 e. The molecule has 4 rings (SSSR count). The van der Waals surface area contributed by atoms with Crippen molar-refractivity contribution in [3.63, 3.8) is 0 Å². The normalized spacial score (nSPS) is 17.5. The zero-order chi connectivity index (χ0) is 25.3. The third-order valence-corrected chi connectivity index (χ3v) is 6.19. The molecule has 0 spiro atoms. The van der Waals surface area contributed by atoms with E-state index in [1.54, 1.807) is 36.4 Å². The van der Waals surface area contributed by atoms with Gasteiger partial charge in [-0.05, 0) is 23.8 Å². The predicted molar refractivity (Wildman–Crippen MR) is 125 cm³/mol. The molecule has 3 aromatic rings.